The van der Waals surface area contributed by atoms with Crippen LogP contribution in [0.15, 0.2) is 24.4 Å². The van der Waals surface area contributed by atoms with Gasteiger partial charge in [0.2, 0.25) is 6.20 Å². The van der Waals surface area contributed by atoms with Crippen LogP contribution in [0, 0.1) is 10.1 Å². The average Bonchev–Trinajstić information content (AvgIpc) is 2.35. The Hall–Kier alpha value is -1.84. The van der Waals surface area contributed by atoms with Crippen molar-refractivity contribution < 1.29 is 4.92 Å². The Bertz CT molecular complexity index is 576. The topological polar surface area (TPSA) is 46.4 Å². The first-order valence-electron chi connectivity index (χ1n) is 7.47. The molecule has 1 atom stereocenters. The van der Waals surface area contributed by atoms with Crippen LogP contribution in [0.5, 0.6) is 0 Å². The Morgan fingerprint density at radius 3 is 2.67 bits per heavy atom. The van der Waals surface area contributed by atoms with E-state index in [4.69, 9.17) is 0 Å². The zero-order valence-corrected chi connectivity index (χ0v) is 13.5. The van der Waals surface area contributed by atoms with Crippen LogP contribution >= 0.6 is 0 Å². The Morgan fingerprint density at radius 1 is 1.43 bits per heavy atom. The lowest BCUT2D eigenvalue weighted by atomic mass is 9.79. The molecule has 1 aromatic rings. The molecule has 1 heterocycles. The van der Waals surface area contributed by atoms with Crippen LogP contribution in [0.2, 0.25) is 0 Å². The van der Waals surface area contributed by atoms with Gasteiger partial charge in [-0.3, -0.25) is 10.1 Å². The minimum Gasteiger partial charge on any atom is -0.364 e. The van der Waals surface area contributed by atoms with Crippen molar-refractivity contribution in [3.8, 4) is 0 Å². The van der Waals surface area contributed by atoms with Crippen molar-refractivity contribution in [2.24, 2.45) is 0 Å². The summed E-state index contributed by atoms with van der Waals surface area (Å²) in [6.45, 7) is 11.2. The van der Waals surface area contributed by atoms with Gasteiger partial charge in [-0.25, -0.2) is 0 Å². The Morgan fingerprint density at radius 2 is 2.10 bits per heavy atom. The molecule has 4 nitrogen and oxygen atoms in total. The van der Waals surface area contributed by atoms with Gasteiger partial charge < -0.3 is 4.90 Å². The van der Waals surface area contributed by atoms with Gasteiger partial charge >= 0.3 is 0 Å². The molecule has 0 aliphatic carbocycles. The van der Waals surface area contributed by atoms with E-state index in [2.05, 4.69) is 51.7 Å². The Balaban J connectivity index is 2.48. The summed E-state index contributed by atoms with van der Waals surface area (Å²) in [6.07, 6.45) is 3.65. The third-order valence-corrected chi connectivity index (χ3v) is 4.21. The van der Waals surface area contributed by atoms with Gasteiger partial charge in [-0.15, -0.1) is 0 Å². The van der Waals surface area contributed by atoms with Crippen LogP contribution in [0.25, 0.3) is 6.08 Å². The molecule has 1 aliphatic rings. The highest BCUT2D eigenvalue weighted by Crippen LogP contribution is 2.44. The molecule has 0 amide bonds. The highest BCUT2D eigenvalue weighted by atomic mass is 16.6. The quantitative estimate of drug-likeness (QED) is 0.610. The van der Waals surface area contributed by atoms with Crippen molar-refractivity contribution in [3.05, 3.63) is 45.6 Å². The molecule has 1 aliphatic heterocycles. The average molecular weight is 288 g/mol. The summed E-state index contributed by atoms with van der Waals surface area (Å²) in [6, 6.07) is 6.57. The van der Waals surface area contributed by atoms with E-state index >= 15 is 0 Å². The third-order valence-electron chi connectivity index (χ3n) is 4.21. The lowest BCUT2D eigenvalue weighted by Gasteiger charge is -2.50. The van der Waals surface area contributed by atoms with Crippen molar-refractivity contribution in [1.29, 1.82) is 0 Å². The van der Waals surface area contributed by atoms with Gasteiger partial charge in [0, 0.05) is 23.3 Å². The first-order valence-corrected chi connectivity index (χ1v) is 7.47. The molecule has 0 spiro atoms. The third kappa shape index (κ3) is 3.09. The lowest BCUT2D eigenvalue weighted by Crippen LogP contribution is -2.51. The van der Waals surface area contributed by atoms with Crippen molar-refractivity contribution >= 4 is 11.8 Å². The van der Waals surface area contributed by atoms with Crippen molar-refractivity contribution in [2.45, 2.75) is 58.5 Å². The molecule has 0 saturated carbocycles. The number of nitro groups is 1. The summed E-state index contributed by atoms with van der Waals surface area (Å²) in [5.74, 6) is 0.453. The molecule has 0 aromatic heterocycles. The zero-order chi connectivity index (χ0) is 15.8. The largest absolute Gasteiger partial charge is 0.364 e. The van der Waals surface area contributed by atoms with Gasteiger partial charge in [-0.05, 0) is 63.3 Å². The van der Waals surface area contributed by atoms with Gasteiger partial charge in [-0.2, -0.15) is 0 Å². The van der Waals surface area contributed by atoms with E-state index < -0.39 is 4.92 Å². The summed E-state index contributed by atoms with van der Waals surface area (Å²) in [4.78, 5) is 12.5. The van der Waals surface area contributed by atoms with Crippen molar-refractivity contribution in [1.82, 2.24) is 0 Å². The molecule has 1 aromatic carbocycles. The van der Waals surface area contributed by atoms with E-state index in [1.165, 1.54) is 11.3 Å². The highest BCUT2D eigenvalue weighted by molar-refractivity contribution is 5.64. The minimum absolute atomic E-state index is 0.124. The second kappa shape index (κ2) is 5.51. The number of rotatable bonds is 3. The maximum absolute atomic E-state index is 10.5. The standard InChI is InChI=1S/C17H24N2O2/c1-12(2)19-16-7-6-14(8-9-18(20)21)10-15(16)13(3)11-17(19,4)5/h6-10,12-13H,11H2,1-5H3/b9-8-/t13-/m0/s1. The first kappa shape index (κ1) is 15.5. The van der Waals surface area contributed by atoms with Crippen LogP contribution in [0.4, 0.5) is 5.69 Å². The molecule has 0 bridgehead atoms. The second-order valence-electron chi connectivity index (χ2n) is 6.80. The minimum atomic E-state index is -0.424. The Labute approximate surface area is 126 Å². The smallest absolute Gasteiger partial charge is 0.235 e. The summed E-state index contributed by atoms with van der Waals surface area (Å²) >= 11 is 0. The number of anilines is 1. The SMILES string of the molecule is CC(C)N1c2ccc(/C=C\[N+](=O)[O-])cc2[C@@H](C)CC1(C)C. The van der Waals surface area contributed by atoms with Gasteiger partial charge in [-0.1, -0.05) is 13.0 Å². The van der Waals surface area contributed by atoms with E-state index in [9.17, 15) is 10.1 Å². The predicted octanol–water partition coefficient (Wildman–Crippen LogP) is 4.43. The van der Waals surface area contributed by atoms with Crippen LogP contribution < -0.4 is 4.90 Å². The molecule has 4 heteroatoms. The maximum atomic E-state index is 10.5. The number of benzene rings is 1. The van der Waals surface area contributed by atoms with Crippen LogP contribution in [-0.2, 0) is 0 Å². The van der Waals surface area contributed by atoms with E-state index in [0.717, 1.165) is 18.2 Å². The fourth-order valence-electron chi connectivity index (χ4n) is 3.70. The molecule has 114 valence electrons. The molecular formula is C17H24N2O2. The van der Waals surface area contributed by atoms with E-state index in [-0.39, 0.29) is 5.54 Å². The number of nitrogens with zero attached hydrogens (tertiary/aromatic N) is 2. The summed E-state index contributed by atoms with van der Waals surface area (Å²) in [5, 5.41) is 10.5. The van der Waals surface area contributed by atoms with Crippen LogP contribution in [-0.4, -0.2) is 16.5 Å². The fourth-order valence-corrected chi connectivity index (χ4v) is 3.70. The maximum Gasteiger partial charge on any atom is 0.235 e. The molecule has 0 saturated heterocycles. The van der Waals surface area contributed by atoms with E-state index in [1.807, 2.05) is 6.07 Å². The predicted molar refractivity (Wildman–Crippen MR) is 87.2 cm³/mol. The number of hydrogen-bond donors (Lipinski definition) is 0. The van der Waals surface area contributed by atoms with Gasteiger partial charge in [0.05, 0.1) is 4.92 Å². The summed E-state index contributed by atoms with van der Waals surface area (Å²) in [7, 11) is 0. The fraction of sp³-hybridized carbons (Fsp3) is 0.529. The van der Waals surface area contributed by atoms with Gasteiger partial charge in [0.15, 0.2) is 0 Å². The molecule has 21 heavy (non-hydrogen) atoms. The van der Waals surface area contributed by atoms with Crippen LogP contribution in [0.1, 0.15) is 58.1 Å². The monoisotopic (exact) mass is 288 g/mol. The van der Waals surface area contributed by atoms with Gasteiger partial charge in [0.25, 0.3) is 0 Å². The first-order chi connectivity index (χ1) is 9.72. The van der Waals surface area contributed by atoms with E-state index in [1.54, 1.807) is 6.08 Å². The molecule has 0 N–H and O–H groups in total. The molecule has 0 fully saturated rings. The van der Waals surface area contributed by atoms with Crippen molar-refractivity contribution in [3.63, 3.8) is 0 Å². The second-order valence-corrected chi connectivity index (χ2v) is 6.80. The van der Waals surface area contributed by atoms with Crippen LogP contribution in [0.3, 0.4) is 0 Å². The number of fused-ring (bicyclic) bond motifs is 1. The Kier molecular flexibility index (Phi) is 4.08. The molecule has 0 radical (unpaired) electrons. The molecular weight excluding hydrogens is 264 g/mol. The van der Waals surface area contributed by atoms with E-state index in [0.29, 0.717) is 12.0 Å². The van der Waals surface area contributed by atoms with Gasteiger partial charge in [0.1, 0.15) is 0 Å². The summed E-state index contributed by atoms with van der Waals surface area (Å²) < 4.78 is 0. The highest BCUT2D eigenvalue weighted by Gasteiger charge is 2.37. The molecule has 0 unspecified atom stereocenters. The lowest BCUT2D eigenvalue weighted by molar-refractivity contribution is -0.400. The number of hydrogen-bond acceptors (Lipinski definition) is 3. The summed E-state index contributed by atoms with van der Waals surface area (Å²) in [5.41, 5.74) is 3.56. The normalized spacial score (nSPS) is 20.9. The zero-order valence-electron chi connectivity index (χ0n) is 13.5. The van der Waals surface area contributed by atoms with Crippen molar-refractivity contribution in [2.75, 3.05) is 4.90 Å². The molecule has 2 rings (SSSR count).